The first-order valence-electron chi connectivity index (χ1n) is 4.74. The van der Waals surface area contributed by atoms with Gasteiger partial charge in [-0.15, -0.1) is 0 Å². The lowest BCUT2D eigenvalue weighted by atomic mass is 10.4. The zero-order valence-electron chi connectivity index (χ0n) is 8.66. The van der Waals surface area contributed by atoms with Crippen molar-refractivity contribution >= 4 is 5.91 Å². The topological polar surface area (TPSA) is 71.7 Å². The summed E-state index contributed by atoms with van der Waals surface area (Å²) in [7, 11) is 1.56. The third-order valence-corrected chi connectivity index (χ3v) is 1.79. The Hall–Kier alpha value is -1.33. The summed E-state index contributed by atoms with van der Waals surface area (Å²) in [6.07, 6.45) is 0.539. The maximum atomic E-state index is 11.4. The van der Waals surface area contributed by atoms with Gasteiger partial charge in [0.05, 0.1) is 0 Å². The van der Waals surface area contributed by atoms with Crippen LogP contribution in [0.1, 0.15) is 22.7 Å². The lowest BCUT2D eigenvalue weighted by molar-refractivity contribution is 0.0914. The number of carbonyl (C=O) groups is 1. The predicted molar refractivity (Wildman–Crippen MR) is 53.5 cm³/mol. The molecule has 0 bridgehead atoms. The molecule has 0 aliphatic heterocycles. The minimum Gasteiger partial charge on any atom is -0.453 e. The van der Waals surface area contributed by atoms with Gasteiger partial charge in [0.25, 0.3) is 5.91 Å². The molecule has 0 aromatic carbocycles. The molecule has 0 saturated heterocycles. The Morgan fingerprint density at radius 1 is 1.60 bits per heavy atom. The smallest absolute Gasteiger partial charge is 0.286 e. The highest BCUT2D eigenvalue weighted by molar-refractivity contribution is 5.91. The molecule has 1 amide bonds. The van der Waals surface area contributed by atoms with Crippen LogP contribution in [0.5, 0.6) is 0 Å². The summed E-state index contributed by atoms with van der Waals surface area (Å²) in [5.74, 6) is 0.607. The molecular formula is C10H15NO4. The first-order chi connectivity index (χ1) is 7.27. The Bertz CT molecular complexity index is 308. The van der Waals surface area contributed by atoms with Crippen molar-refractivity contribution in [1.29, 1.82) is 0 Å². The number of carbonyl (C=O) groups excluding carboxylic acids is 1. The van der Waals surface area contributed by atoms with Crippen LogP contribution in [0.4, 0.5) is 0 Å². The van der Waals surface area contributed by atoms with Crippen LogP contribution in [0, 0.1) is 0 Å². The van der Waals surface area contributed by atoms with Crippen LogP contribution in [0.15, 0.2) is 16.5 Å². The van der Waals surface area contributed by atoms with Gasteiger partial charge >= 0.3 is 0 Å². The average Bonchev–Trinajstić information content (AvgIpc) is 2.67. The van der Waals surface area contributed by atoms with Gasteiger partial charge in [0.15, 0.2) is 5.76 Å². The number of hydrogen-bond donors (Lipinski definition) is 2. The SMILES string of the molecule is COCc1ccc(C(=O)NCCCO)o1. The quantitative estimate of drug-likeness (QED) is 0.676. The minimum absolute atomic E-state index is 0.0629. The fourth-order valence-corrected chi connectivity index (χ4v) is 1.09. The largest absolute Gasteiger partial charge is 0.453 e. The molecule has 0 aliphatic rings. The molecular weight excluding hydrogens is 198 g/mol. The highest BCUT2D eigenvalue weighted by Gasteiger charge is 2.09. The van der Waals surface area contributed by atoms with E-state index in [0.29, 0.717) is 25.3 Å². The van der Waals surface area contributed by atoms with Gasteiger partial charge in [-0.1, -0.05) is 0 Å². The number of ether oxygens (including phenoxy) is 1. The summed E-state index contributed by atoms with van der Waals surface area (Å²) in [4.78, 5) is 11.4. The molecule has 2 N–H and O–H groups in total. The fraction of sp³-hybridized carbons (Fsp3) is 0.500. The van der Waals surface area contributed by atoms with Crippen molar-refractivity contribution in [2.24, 2.45) is 0 Å². The van der Waals surface area contributed by atoms with E-state index in [1.54, 1.807) is 19.2 Å². The van der Waals surface area contributed by atoms with Crippen molar-refractivity contribution < 1.29 is 19.1 Å². The van der Waals surface area contributed by atoms with Crippen molar-refractivity contribution in [3.63, 3.8) is 0 Å². The van der Waals surface area contributed by atoms with Gasteiger partial charge in [-0.05, 0) is 18.6 Å². The number of methoxy groups -OCH3 is 1. The number of aliphatic hydroxyl groups excluding tert-OH is 1. The van der Waals surface area contributed by atoms with Crippen LogP contribution in [0.3, 0.4) is 0 Å². The zero-order chi connectivity index (χ0) is 11.1. The predicted octanol–water partition coefficient (Wildman–Crippen LogP) is 0.538. The Morgan fingerprint density at radius 2 is 2.40 bits per heavy atom. The standard InChI is InChI=1S/C10H15NO4/c1-14-7-8-3-4-9(15-8)10(13)11-5-2-6-12/h3-4,12H,2,5-7H2,1H3,(H,11,13). The number of amides is 1. The Kier molecular flexibility index (Phi) is 4.86. The summed E-state index contributed by atoms with van der Waals surface area (Å²) in [6.45, 7) is 0.854. The number of rotatable bonds is 6. The monoisotopic (exact) mass is 213 g/mol. The van der Waals surface area contributed by atoms with E-state index < -0.39 is 0 Å². The molecule has 0 saturated carbocycles. The van der Waals surface area contributed by atoms with Crippen LogP contribution >= 0.6 is 0 Å². The number of hydrogen-bond acceptors (Lipinski definition) is 4. The fourth-order valence-electron chi connectivity index (χ4n) is 1.09. The highest BCUT2D eigenvalue weighted by Crippen LogP contribution is 2.08. The third kappa shape index (κ3) is 3.73. The van der Waals surface area contributed by atoms with E-state index in [4.69, 9.17) is 14.3 Å². The molecule has 0 unspecified atom stereocenters. The van der Waals surface area contributed by atoms with Crippen LogP contribution < -0.4 is 5.32 Å². The van der Waals surface area contributed by atoms with Crippen LogP contribution in [0.25, 0.3) is 0 Å². The first kappa shape index (κ1) is 11.7. The Labute approximate surface area is 88.0 Å². The van der Waals surface area contributed by atoms with E-state index in [-0.39, 0.29) is 18.3 Å². The second-order valence-electron chi connectivity index (χ2n) is 3.03. The normalized spacial score (nSPS) is 10.3. The maximum Gasteiger partial charge on any atom is 0.286 e. The number of furan rings is 1. The minimum atomic E-state index is -0.272. The molecule has 5 heteroatoms. The third-order valence-electron chi connectivity index (χ3n) is 1.79. The second kappa shape index (κ2) is 6.21. The molecule has 84 valence electrons. The van der Waals surface area contributed by atoms with E-state index in [0.717, 1.165) is 0 Å². The number of nitrogens with one attached hydrogen (secondary N) is 1. The van der Waals surface area contributed by atoms with Gasteiger partial charge < -0.3 is 19.6 Å². The van der Waals surface area contributed by atoms with Crippen molar-refractivity contribution in [1.82, 2.24) is 5.32 Å². The van der Waals surface area contributed by atoms with Gasteiger partial charge in [0, 0.05) is 20.3 Å². The van der Waals surface area contributed by atoms with Crippen molar-refractivity contribution in [3.05, 3.63) is 23.7 Å². The van der Waals surface area contributed by atoms with Crippen molar-refractivity contribution in [2.45, 2.75) is 13.0 Å². The molecule has 0 spiro atoms. The van der Waals surface area contributed by atoms with Crippen LogP contribution in [-0.4, -0.2) is 31.3 Å². The average molecular weight is 213 g/mol. The van der Waals surface area contributed by atoms with Crippen molar-refractivity contribution in [3.8, 4) is 0 Å². The lowest BCUT2D eigenvalue weighted by Gasteiger charge is -2.00. The molecule has 0 radical (unpaired) electrons. The van der Waals surface area contributed by atoms with Crippen molar-refractivity contribution in [2.75, 3.05) is 20.3 Å². The van der Waals surface area contributed by atoms with E-state index >= 15 is 0 Å². The van der Waals surface area contributed by atoms with Crippen LogP contribution in [-0.2, 0) is 11.3 Å². The molecule has 1 aromatic heterocycles. The van der Waals surface area contributed by atoms with Gasteiger partial charge in [0.1, 0.15) is 12.4 Å². The summed E-state index contributed by atoms with van der Waals surface area (Å²) < 4.78 is 10.1. The summed E-state index contributed by atoms with van der Waals surface area (Å²) in [6, 6.07) is 3.30. The summed E-state index contributed by atoms with van der Waals surface area (Å²) >= 11 is 0. The Balaban J connectivity index is 2.43. The molecule has 1 heterocycles. The molecule has 15 heavy (non-hydrogen) atoms. The molecule has 5 nitrogen and oxygen atoms in total. The van der Waals surface area contributed by atoms with Gasteiger partial charge in [-0.3, -0.25) is 4.79 Å². The first-order valence-corrected chi connectivity index (χ1v) is 4.74. The maximum absolute atomic E-state index is 11.4. The van der Waals surface area contributed by atoms with Crippen LogP contribution in [0.2, 0.25) is 0 Å². The molecule has 0 aliphatic carbocycles. The zero-order valence-corrected chi connectivity index (χ0v) is 8.66. The van der Waals surface area contributed by atoms with E-state index in [9.17, 15) is 4.79 Å². The molecule has 0 atom stereocenters. The number of aliphatic hydroxyl groups is 1. The molecule has 1 aromatic rings. The van der Waals surface area contributed by atoms with Gasteiger partial charge in [0.2, 0.25) is 0 Å². The Morgan fingerprint density at radius 3 is 3.07 bits per heavy atom. The van der Waals surface area contributed by atoms with Gasteiger partial charge in [-0.2, -0.15) is 0 Å². The lowest BCUT2D eigenvalue weighted by Crippen LogP contribution is -2.24. The highest BCUT2D eigenvalue weighted by atomic mass is 16.5. The van der Waals surface area contributed by atoms with E-state index in [2.05, 4.69) is 5.32 Å². The summed E-state index contributed by atoms with van der Waals surface area (Å²) in [5.41, 5.74) is 0. The van der Waals surface area contributed by atoms with E-state index in [1.165, 1.54) is 0 Å². The molecule has 0 fully saturated rings. The second-order valence-corrected chi connectivity index (χ2v) is 3.03. The summed E-state index contributed by atoms with van der Waals surface area (Å²) in [5, 5.41) is 11.2. The van der Waals surface area contributed by atoms with Gasteiger partial charge in [-0.25, -0.2) is 0 Å². The van der Waals surface area contributed by atoms with E-state index in [1.807, 2.05) is 0 Å². The molecule has 1 rings (SSSR count).